The number of ether oxygens (including phenoxy) is 1. The molecule has 0 N–H and O–H groups in total. The first kappa shape index (κ1) is 7.65. The first-order chi connectivity index (χ1) is 5.59. The number of fused-ring (bicyclic) bond motifs is 1. The number of nitrogens with zero attached hydrogens (tertiary/aromatic N) is 2. The predicted octanol–water partition coefficient (Wildman–Crippen LogP) is 1.57. The quantitative estimate of drug-likeness (QED) is 0.585. The van der Waals surface area contributed by atoms with Gasteiger partial charge in [-0.05, 0) is 5.41 Å². The summed E-state index contributed by atoms with van der Waals surface area (Å²) >= 11 is 0. The molecular formula is C9H14N2O. The van der Waals surface area contributed by atoms with Crippen LogP contribution in [0.5, 0.6) is 5.88 Å². The van der Waals surface area contributed by atoms with Crippen molar-refractivity contribution < 1.29 is 4.74 Å². The Bertz CT molecular complexity index is 296. The van der Waals surface area contributed by atoms with Gasteiger partial charge in [0.1, 0.15) is 6.61 Å². The van der Waals surface area contributed by atoms with Gasteiger partial charge in [0.25, 0.3) is 0 Å². The minimum absolute atomic E-state index is 0.137. The van der Waals surface area contributed by atoms with Gasteiger partial charge in [-0.25, -0.2) is 4.68 Å². The fourth-order valence-electron chi connectivity index (χ4n) is 1.43. The summed E-state index contributed by atoms with van der Waals surface area (Å²) in [6.45, 7) is 8.18. The van der Waals surface area contributed by atoms with Crippen molar-refractivity contribution in [3.8, 4) is 5.88 Å². The zero-order chi connectivity index (χ0) is 8.77. The molecule has 0 amide bonds. The summed E-state index contributed by atoms with van der Waals surface area (Å²) in [5.74, 6) is 0.961. The third-order valence-corrected chi connectivity index (χ3v) is 2.14. The van der Waals surface area contributed by atoms with Crippen LogP contribution < -0.4 is 4.74 Å². The van der Waals surface area contributed by atoms with Crippen molar-refractivity contribution >= 4 is 0 Å². The van der Waals surface area contributed by atoms with E-state index in [0.717, 1.165) is 19.0 Å². The van der Waals surface area contributed by atoms with E-state index in [2.05, 4.69) is 25.9 Å². The zero-order valence-electron chi connectivity index (χ0n) is 7.79. The maximum absolute atomic E-state index is 5.50. The Morgan fingerprint density at radius 3 is 2.92 bits per heavy atom. The van der Waals surface area contributed by atoms with E-state index in [1.54, 1.807) is 0 Å². The Morgan fingerprint density at radius 2 is 2.25 bits per heavy atom. The molecule has 0 bridgehead atoms. The molecule has 0 saturated heterocycles. The molecule has 0 fully saturated rings. The molecule has 0 aliphatic carbocycles. The van der Waals surface area contributed by atoms with Gasteiger partial charge >= 0.3 is 0 Å². The smallest absolute Gasteiger partial charge is 0.215 e. The van der Waals surface area contributed by atoms with Crippen LogP contribution in [-0.4, -0.2) is 16.4 Å². The third kappa shape index (κ3) is 1.00. The number of hydrogen-bond donors (Lipinski definition) is 0. The molecule has 0 radical (unpaired) electrons. The van der Waals surface area contributed by atoms with E-state index >= 15 is 0 Å². The number of rotatable bonds is 0. The van der Waals surface area contributed by atoms with Crippen molar-refractivity contribution in [2.75, 3.05) is 6.61 Å². The van der Waals surface area contributed by atoms with Crippen LogP contribution >= 0.6 is 0 Å². The Balaban J connectivity index is 2.46. The van der Waals surface area contributed by atoms with Gasteiger partial charge in [-0.2, -0.15) is 5.10 Å². The molecule has 0 unspecified atom stereocenters. The Hall–Kier alpha value is -0.990. The lowest BCUT2D eigenvalue weighted by molar-refractivity contribution is 0.347. The minimum Gasteiger partial charge on any atom is -0.476 e. The summed E-state index contributed by atoms with van der Waals surface area (Å²) in [6, 6.07) is 0. The van der Waals surface area contributed by atoms with Crippen LogP contribution in [0, 0.1) is 0 Å². The zero-order valence-corrected chi connectivity index (χ0v) is 7.79. The molecular weight excluding hydrogens is 152 g/mol. The standard InChI is InChI=1S/C9H14N2O/c1-9(2,3)7-6-10-11-4-5-12-8(7)11/h6H,4-5H2,1-3H3. The minimum atomic E-state index is 0.137. The normalized spacial score (nSPS) is 15.9. The molecule has 1 aliphatic heterocycles. The van der Waals surface area contributed by atoms with Crippen molar-refractivity contribution in [3.05, 3.63) is 11.8 Å². The first-order valence-electron chi connectivity index (χ1n) is 4.28. The molecule has 3 heteroatoms. The summed E-state index contributed by atoms with van der Waals surface area (Å²) in [7, 11) is 0. The summed E-state index contributed by atoms with van der Waals surface area (Å²) in [6.07, 6.45) is 1.91. The van der Waals surface area contributed by atoms with E-state index in [1.807, 2.05) is 10.9 Å². The van der Waals surface area contributed by atoms with Gasteiger partial charge in [-0.3, -0.25) is 0 Å². The summed E-state index contributed by atoms with van der Waals surface area (Å²) in [5, 5.41) is 4.25. The van der Waals surface area contributed by atoms with E-state index in [4.69, 9.17) is 4.74 Å². The van der Waals surface area contributed by atoms with Gasteiger partial charge in [-0.15, -0.1) is 0 Å². The molecule has 0 atom stereocenters. The maximum atomic E-state index is 5.50. The molecule has 3 nitrogen and oxygen atoms in total. The van der Waals surface area contributed by atoms with Crippen LogP contribution in [-0.2, 0) is 12.0 Å². The molecule has 0 aromatic carbocycles. The lowest BCUT2D eigenvalue weighted by Gasteiger charge is -2.16. The van der Waals surface area contributed by atoms with Crippen LogP contribution in [0.25, 0.3) is 0 Å². The fourth-order valence-corrected chi connectivity index (χ4v) is 1.43. The van der Waals surface area contributed by atoms with Gasteiger partial charge in [0.2, 0.25) is 5.88 Å². The average Bonchev–Trinajstić information content (AvgIpc) is 2.37. The lowest BCUT2D eigenvalue weighted by Crippen LogP contribution is -2.11. The molecule has 2 rings (SSSR count). The van der Waals surface area contributed by atoms with E-state index in [-0.39, 0.29) is 5.41 Å². The second-order valence-corrected chi connectivity index (χ2v) is 4.19. The van der Waals surface area contributed by atoms with Crippen LogP contribution in [0.3, 0.4) is 0 Å². The highest BCUT2D eigenvalue weighted by Crippen LogP contribution is 2.32. The molecule has 0 saturated carbocycles. The van der Waals surface area contributed by atoms with Crippen molar-refractivity contribution in [2.45, 2.75) is 32.7 Å². The third-order valence-electron chi connectivity index (χ3n) is 2.14. The molecule has 1 aromatic heterocycles. The van der Waals surface area contributed by atoms with E-state index in [1.165, 1.54) is 5.56 Å². The second-order valence-electron chi connectivity index (χ2n) is 4.19. The first-order valence-corrected chi connectivity index (χ1v) is 4.28. The molecule has 12 heavy (non-hydrogen) atoms. The molecule has 2 heterocycles. The van der Waals surface area contributed by atoms with Gasteiger partial charge < -0.3 is 4.74 Å². The summed E-state index contributed by atoms with van der Waals surface area (Å²) < 4.78 is 7.43. The van der Waals surface area contributed by atoms with E-state index in [9.17, 15) is 0 Å². The lowest BCUT2D eigenvalue weighted by atomic mass is 9.89. The molecule has 1 aromatic rings. The molecule has 66 valence electrons. The Kier molecular flexibility index (Phi) is 1.43. The van der Waals surface area contributed by atoms with E-state index in [0.29, 0.717) is 0 Å². The van der Waals surface area contributed by atoms with Crippen LogP contribution in [0.15, 0.2) is 6.20 Å². The van der Waals surface area contributed by atoms with Crippen molar-refractivity contribution in [1.29, 1.82) is 0 Å². The van der Waals surface area contributed by atoms with Crippen molar-refractivity contribution in [1.82, 2.24) is 9.78 Å². The number of hydrogen-bond acceptors (Lipinski definition) is 2. The van der Waals surface area contributed by atoms with E-state index < -0.39 is 0 Å². The van der Waals surface area contributed by atoms with Crippen LogP contribution in [0.2, 0.25) is 0 Å². The summed E-state index contributed by atoms with van der Waals surface area (Å²) in [5.41, 5.74) is 1.35. The SMILES string of the molecule is CC(C)(C)c1cnn2c1OCC2. The summed E-state index contributed by atoms with van der Waals surface area (Å²) in [4.78, 5) is 0. The second kappa shape index (κ2) is 2.25. The molecule has 0 spiro atoms. The van der Waals surface area contributed by atoms with Gasteiger partial charge in [0.15, 0.2) is 0 Å². The van der Waals surface area contributed by atoms with Gasteiger partial charge in [0, 0.05) is 5.56 Å². The highest BCUT2D eigenvalue weighted by Gasteiger charge is 2.26. The van der Waals surface area contributed by atoms with Gasteiger partial charge in [-0.1, -0.05) is 20.8 Å². The van der Waals surface area contributed by atoms with Gasteiger partial charge in [0.05, 0.1) is 12.7 Å². The van der Waals surface area contributed by atoms with Crippen LogP contribution in [0.4, 0.5) is 0 Å². The monoisotopic (exact) mass is 166 g/mol. The predicted molar refractivity (Wildman–Crippen MR) is 46.4 cm³/mol. The fraction of sp³-hybridized carbons (Fsp3) is 0.667. The topological polar surface area (TPSA) is 27.1 Å². The largest absolute Gasteiger partial charge is 0.476 e. The Morgan fingerprint density at radius 1 is 1.50 bits per heavy atom. The maximum Gasteiger partial charge on any atom is 0.215 e. The van der Waals surface area contributed by atoms with Crippen molar-refractivity contribution in [2.24, 2.45) is 0 Å². The van der Waals surface area contributed by atoms with Crippen LogP contribution in [0.1, 0.15) is 26.3 Å². The highest BCUT2D eigenvalue weighted by molar-refractivity contribution is 5.32. The highest BCUT2D eigenvalue weighted by atomic mass is 16.5. The number of aromatic nitrogens is 2. The van der Waals surface area contributed by atoms with Crippen molar-refractivity contribution in [3.63, 3.8) is 0 Å². The average molecular weight is 166 g/mol. The Labute approximate surface area is 72.3 Å². The molecule has 1 aliphatic rings.